The number of halogens is 1. The molecule has 2 aliphatic rings. The topological polar surface area (TPSA) is 86.9 Å². The Labute approximate surface area is 211 Å². The number of hydrogen-bond acceptors (Lipinski definition) is 3. The van der Waals surface area contributed by atoms with Crippen molar-refractivity contribution in [2.75, 3.05) is 0 Å². The van der Waals surface area contributed by atoms with Crippen molar-refractivity contribution < 1.29 is 9.59 Å². The van der Waals surface area contributed by atoms with Gasteiger partial charge in [-0.1, -0.05) is 50.7 Å². The Morgan fingerprint density at radius 3 is 2.20 bits per heavy atom. The van der Waals surface area contributed by atoms with Gasteiger partial charge in [-0.15, -0.1) is 11.6 Å². The first-order valence-electron chi connectivity index (χ1n) is 12.9. The standard InChI is InChI=1S/C28H33ClN4O2/c29-22-9-5-6-10-23(22)33-28(35)20-15-16-24-25(17-20)32-26(31-24)18-11-13-19(14-12-18)27(34)30-21-7-3-1-2-4-8-21/h11-17,21-23H,1-10H2,(H,30,34)(H,31,32)(H,33,35). The normalized spacial score (nSPS) is 21.4. The van der Waals surface area contributed by atoms with Gasteiger partial charge in [-0.05, 0) is 56.0 Å². The molecule has 0 radical (unpaired) electrons. The predicted molar refractivity (Wildman–Crippen MR) is 140 cm³/mol. The van der Waals surface area contributed by atoms with Crippen LogP contribution in [0.15, 0.2) is 42.5 Å². The summed E-state index contributed by atoms with van der Waals surface area (Å²) in [4.78, 5) is 33.5. The molecule has 5 rings (SSSR count). The molecule has 2 aromatic carbocycles. The summed E-state index contributed by atoms with van der Waals surface area (Å²) >= 11 is 6.41. The van der Waals surface area contributed by atoms with E-state index in [-0.39, 0.29) is 29.3 Å². The summed E-state index contributed by atoms with van der Waals surface area (Å²) in [7, 11) is 0. The fourth-order valence-electron chi connectivity index (χ4n) is 5.26. The van der Waals surface area contributed by atoms with E-state index in [0.29, 0.717) is 17.0 Å². The SMILES string of the molecule is O=C(NC1CCCCCC1)c1ccc(-c2nc3ccc(C(=O)NC4CCCCC4Cl)cc3[nH]2)cc1. The highest BCUT2D eigenvalue weighted by Gasteiger charge is 2.25. The number of H-pyrrole nitrogens is 1. The number of imidazole rings is 1. The lowest BCUT2D eigenvalue weighted by Crippen LogP contribution is -2.42. The third-order valence-corrected chi connectivity index (χ3v) is 7.88. The van der Waals surface area contributed by atoms with E-state index in [4.69, 9.17) is 11.6 Å². The van der Waals surface area contributed by atoms with Crippen LogP contribution in [-0.4, -0.2) is 39.2 Å². The van der Waals surface area contributed by atoms with E-state index in [9.17, 15) is 9.59 Å². The van der Waals surface area contributed by atoms with Gasteiger partial charge in [0, 0.05) is 28.8 Å². The van der Waals surface area contributed by atoms with Gasteiger partial charge < -0.3 is 15.6 Å². The minimum absolute atomic E-state index is 0.00703. The van der Waals surface area contributed by atoms with Crippen molar-refractivity contribution in [3.63, 3.8) is 0 Å². The number of alkyl halides is 1. The lowest BCUT2D eigenvalue weighted by molar-refractivity contribution is 0.0922. The summed E-state index contributed by atoms with van der Waals surface area (Å²) in [6.45, 7) is 0. The van der Waals surface area contributed by atoms with Gasteiger partial charge in [0.1, 0.15) is 5.82 Å². The summed E-state index contributed by atoms with van der Waals surface area (Å²) in [6, 6.07) is 13.3. The second kappa shape index (κ2) is 10.8. The highest BCUT2D eigenvalue weighted by atomic mass is 35.5. The van der Waals surface area contributed by atoms with Crippen LogP contribution < -0.4 is 10.6 Å². The molecule has 3 N–H and O–H groups in total. The van der Waals surface area contributed by atoms with Crippen LogP contribution in [-0.2, 0) is 0 Å². The largest absolute Gasteiger partial charge is 0.349 e. The molecule has 184 valence electrons. The van der Waals surface area contributed by atoms with Gasteiger partial charge in [0.15, 0.2) is 0 Å². The summed E-state index contributed by atoms with van der Waals surface area (Å²) < 4.78 is 0. The van der Waals surface area contributed by atoms with Crippen molar-refractivity contribution in [3.05, 3.63) is 53.6 Å². The van der Waals surface area contributed by atoms with Crippen molar-refractivity contribution in [2.45, 2.75) is 81.7 Å². The number of nitrogens with one attached hydrogen (secondary N) is 3. The molecule has 35 heavy (non-hydrogen) atoms. The Kier molecular flexibility index (Phi) is 7.37. The molecule has 2 fully saturated rings. The molecule has 2 aliphatic carbocycles. The van der Waals surface area contributed by atoms with E-state index in [1.807, 2.05) is 36.4 Å². The second-order valence-electron chi connectivity index (χ2n) is 9.94. The van der Waals surface area contributed by atoms with Crippen LogP contribution in [0, 0.1) is 0 Å². The molecule has 3 aromatic rings. The van der Waals surface area contributed by atoms with E-state index >= 15 is 0 Å². The van der Waals surface area contributed by atoms with Crippen molar-refractivity contribution in [2.24, 2.45) is 0 Å². The van der Waals surface area contributed by atoms with Gasteiger partial charge in [0.05, 0.1) is 16.4 Å². The van der Waals surface area contributed by atoms with Gasteiger partial charge in [-0.25, -0.2) is 4.98 Å². The number of carbonyl (C=O) groups is 2. The van der Waals surface area contributed by atoms with Gasteiger partial charge in [0.2, 0.25) is 0 Å². The number of nitrogens with zero attached hydrogens (tertiary/aromatic N) is 1. The average molecular weight is 493 g/mol. The minimum Gasteiger partial charge on any atom is -0.349 e. The Hall–Kier alpha value is -2.86. The number of aromatic amines is 1. The predicted octanol–water partition coefficient (Wildman–Crippen LogP) is 5.96. The van der Waals surface area contributed by atoms with E-state index in [0.717, 1.165) is 55.1 Å². The van der Waals surface area contributed by atoms with E-state index < -0.39 is 0 Å². The van der Waals surface area contributed by atoms with Gasteiger partial charge in [-0.2, -0.15) is 0 Å². The summed E-state index contributed by atoms with van der Waals surface area (Å²) in [6.07, 6.45) is 11.1. The summed E-state index contributed by atoms with van der Waals surface area (Å²) in [5.74, 6) is 0.590. The first-order valence-corrected chi connectivity index (χ1v) is 13.4. The third kappa shape index (κ3) is 5.69. The zero-order chi connectivity index (χ0) is 24.2. The second-order valence-corrected chi connectivity index (χ2v) is 10.5. The number of rotatable bonds is 5. The molecule has 0 spiro atoms. The van der Waals surface area contributed by atoms with Crippen LogP contribution in [0.2, 0.25) is 0 Å². The Bertz CT molecular complexity index is 1180. The Morgan fingerprint density at radius 1 is 0.800 bits per heavy atom. The first kappa shape index (κ1) is 23.9. The summed E-state index contributed by atoms with van der Waals surface area (Å²) in [5, 5.41) is 6.28. The Morgan fingerprint density at radius 2 is 1.46 bits per heavy atom. The smallest absolute Gasteiger partial charge is 0.251 e. The lowest BCUT2D eigenvalue weighted by atomic mass is 9.94. The van der Waals surface area contributed by atoms with E-state index in [1.165, 1.54) is 25.7 Å². The highest BCUT2D eigenvalue weighted by molar-refractivity contribution is 6.21. The lowest BCUT2D eigenvalue weighted by Gasteiger charge is -2.27. The maximum absolute atomic E-state index is 12.8. The molecule has 2 saturated carbocycles. The number of hydrogen-bond donors (Lipinski definition) is 3. The van der Waals surface area contributed by atoms with Crippen LogP contribution in [0.1, 0.15) is 84.9 Å². The van der Waals surface area contributed by atoms with E-state index in [2.05, 4.69) is 20.6 Å². The van der Waals surface area contributed by atoms with Crippen LogP contribution in [0.3, 0.4) is 0 Å². The maximum Gasteiger partial charge on any atom is 0.251 e. The number of amides is 2. The molecule has 2 amide bonds. The highest BCUT2D eigenvalue weighted by Crippen LogP contribution is 2.25. The van der Waals surface area contributed by atoms with Crippen LogP contribution in [0.25, 0.3) is 22.4 Å². The number of carbonyl (C=O) groups excluding carboxylic acids is 2. The zero-order valence-electron chi connectivity index (χ0n) is 20.0. The van der Waals surface area contributed by atoms with Crippen LogP contribution >= 0.6 is 11.6 Å². The van der Waals surface area contributed by atoms with Crippen molar-refractivity contribution in [3.8, 4) is 11.4 Å². The molecule has 7 heteroatoms. The average Bonchev–Trinajstić information content (AvgIpc) is 3.14. The molecule has 0 aliphatic heterocycles. The molecule has 1 heterocycles. The number of aromatic nitrogens is 2. The maximum atomic E-state index is 12.8. The van der Waals surface area contributed by atoms with Crippen molar-refractivity contribution in [1.29, 1.82) is 0 Å². The monoisotopic (exact) mass is 492 g/mol. The molecule has 2 atom stereocenters. The zero-order valence-corrected chi connectivity index (χ0v) is 20.7. The molecule has 0 saturated heterocycles. The molecule has 0 bridgehead atoms. The fourth-order valence-corrected chi connectivity index (χ4v) is 5.60. The minimum atomic E-state index is -0.107. The van der Waals surface area contributed by atoms with Gasteiger partial charge in [0.25, 0.3) is 11.8 Å². The third-order valence-electron chi connectivity index (χ3n) is 7.35. The van der Waals surface area contributed by atoms with Crippen LogP contribution in [0.4, 0.5) is 0 Å². The molecular formula is C28H33ClN4O2. The van der Waals surface area contributed by atoms with Gasteiger partial charge in [-0.3, -0.25) is 9.59 Å². The fraction of sp³-hybridized carbons (Fsp3) is 0.464. The van der Waals surface area contributed by atoms with E-state index in [1.54, 1.807) is 6.07 Å². The molecular weight excluding hydrogens is 460 g/mol. The number of fused-ring (bicyclic) bond motifs is 1. The first-order chi connectivity index (χ1) is 17.1. The van der Waals surface area contributed by atoms with Crippen molar-refractivity contribution >= 4 is 34.4 Å². The van der Waals surface area contributed by atoms with Gasteiger partial charge >= 0.3 is 0 Å². The molecule has 1 aromatic heterocycles. The molecule has 6 nitrogen and oxygen atoms in total. The van der Waals surface area contributed by atoms with Crippen LogP contribution in [0.5, 0.6) is 0 Å². The van der Waals surface area contributed by atoms with Crippen molar-refractivity contribution in [1.82, 2.24) is 20.6 Å². The molecule has 2 unspecified atom stereocenters. The quantitative estimate of drug-likeness (QED) is 0.303. The number of benzene rings is 2. The summed E-state index contributed by atoms with van der Waals surface area (Å²) in [5.41, 5.74) is 3.74. The Balaban J connectivity index is 1.26.